The van der Waals surface area contributed by atoms with Gasteiger partial charge >= 0.3 is 0 Å². The Morgan fingerprint density at radius 1 is 1.12 bits per heavy atom. The van der Waals surface area contributed by atoms with Gasteiger partial charge in [0.15, 0.2) is 0 Å². The molecule has 3 nitrogen and oxygen atoms in total. The van der Waals surface area contributed by atoms with Gasteiger partial charge in [0.1, 0.15) is 0 Å². The molecular weight excluding hydrogens is 284 g/mol. The number of hydrogen-bond donors (Lipinski definition) is 2. The van der Waals surface area contributed by atoms with Crippen molar-refractivity contribution in [1.82, 2.24) is 0 Å². The Balaban J connectivity index is 2.62. The molecule has 0 heterocycles. The summed E-state index contributed by atoms with van der Waals surface area (Å²) in [4.78, 5) is 11.5. The van der Waals surface area contributed by atoms with E-state index in [1.807, 2.05) is 0 Å². The van der Waals surface area contributed by atoms with Gasteiger partial charge in [0, 0.05) is 13.0 Å². The maximum atomic E-state index is 11.5. The van der Waals surface area contributed by atoms with Gasteiger partial charge in [-0.2, -0.15) is 0 Å². The van der Waals surface area contributed by atoms with Crippen molar-refractivity contribution in [3.63, 3.8) is 0 Å². The average molecular weight is 297 g/mol. The summed E-state index contributed by atoms with van der Waals surface area (Å²) in [6.07, 6.45) is 1.56. The number of carbonyl (C=O) groups is 1. The Kier molecular flexibility index (Phi) is 6.06. The lowest BCUT2D eigenvalue weighted by Gasteiger charge is -2.08. The first kappa shape index (κ1) is 14.6. The Bertz CT molecular complexity index is 410. The van der Waals surface area contributed by atoms with Crippen molar-refractivity contribution < 1.29 is 9.90 Å². The standard InChI is InChI=1S/C11H12Cl3NO2/c12-7-5-9(14)10(6-8(7)13)15-11(17)3-1-2-4-16/h5-6,16H,1-4H2,(H,15,17). The van der Waals surface area contributed by atoms with E-state index in [1.54, 1.807) is 0 Å². The zero-order chi connectivity index (χ0) is 12.8. The third-order valence-electron chi connectivity index (χ3n) is 2.10. The Morgan fingerprint density at radius 2 is 1.76 bits per heavy atom. The van der Waals surface area contributed by atoms with Crippen LogP contribution < -0.4 is 5.32 Å². The van der Waals surface area contributed by atoms with Gasteiger partial charge in [-0.1, -0.05) is 34.8 Å². The molecule has 0 atom stereocenters. The SMILES string of the molecule is O=C(CCCCO)Nc1cc(Cl)c(Cl)cc1Cl. The monoisotopic (exact) mass is 295 g/mol. The van der Waals surface area contributed by atoms with Crippen molar-refractivity contribution in [3.8, 4) is 0 Å². The number of amides is 1. The molecule has 2 N–H and O–H groups in total. The highest BCUT2D eigenvalue weighted by molar-refractivity contribution is 6.44. The fourth-order valence-electron chi connectivity index (χ4n) is 1.23. The van der Waals surface area contributed by atoms with Crippen LogP contribution >= 0.6 is 34.8 Å². The van der Waals surface area contributed by atoms with Crippen molar-refractivity contribution in [3.05, 3.63) is 27.2 Å². The van der Waals surface area contributed by atoms with Gasteiger partial charge in [-0.05, 0) is 25.0 Å². The van der Waals surface area contributed by atoms with Crippen LogP contribution in [0.5, 0.6) is 0 Å². The molecule has 1 aromatic rings. The van der Waals surface area contributed by atoms with Crippen molar-refractivity contribution in [2.24, 2.45) is 0 Å². The predicted octanol–water partition coefficient (Wildman–Crippen LogP) is 3.75. The lowest BCUT2D eigenvalue weighted by molar-refractivity contribution is -0.116. The van der Waals surface area contributed by atoms with Gasteiger partial charge in [-0.15, -0.1) is 0 Å². The van der Waals surface area contributed by atoms with E-state index in [1.165, 1.54) is 12.1 Å². The first-order chi connectivity index (χ1) is 8.04. The molecule has 0 saturated carbocycles. The van der Waals surface area contributed by atoms with Crippen LogP contribution in [-0.4, -0.2) is 17.6 Å². The van der Waals surface area contributed by atoms with Gasteiger partial charge < -0.3 is 10.4 Å². The number of benzene rings is 1. The number of nitrogens with one attached hydrogen (secondary N) is 1. The van der Waals surface area contributed by atoms with Crippen LogP contribution in [0.1, 0.15) is 19.3 Å². The molecule has 0 aliphatic rings. The number of unbranched alkanes of at least 4 members (excludes halogenated alkanes) is 1. The fraction of sp³-hybridized carbons (Fsp3) is 0.364. The molecule has 0 saturated heterocycles. The minimum atomic E-state index is -0.168. The van der Waals surface area contributed by atoms with Gasteiger partial charge in [0.2, 0.25) is 5.91 Å². The summed E-state index contributed by atoms with van der Waals surface area (Å²) in [6.45, 7) is 0.0841. The van der Waals surface area contributed by atoms with E-state index in [0.717, 1.165) is 0 Å². The summed E-state index contributed by atoms with van der Waals surface area (Å²) < 4.78 is 0. The van der Waals surface area contributed by atoms with Crippen LogP contribution in [0, 0.1) is 0 Å². The number of hydrogen-bond acceptors (Lipinski definition) is 2. The second-order valence-electron chi connectivity index (χ2n) is 3.48. The number of halogens is 3. The molecule has 0 unspecified atom stereocenters. The highest BCUT2D eigenvalue weighted by Crippen LogP contribution is 2.32. The Hall–Kier alpha value is -0.480. The molecule has 0 radical (unpaired) electrons. The number of carbonyl (C=O) groups excluding carboxylic acids is 1. The third-order valence-corrected chi connectivity index (χ3v) is 3.13. The maximum Gasteiger partial charge on any atom is 0.224 e. The first-order valence-corrected chi connectivity index (χ1v) is 6.23. The Morgan fingerprint density at radius 3 is 2.41 bits per heavy atom. The summed E-state index contributed by atoms with van der Waals surface area (Å²) in [5.74, 6) is -0.168. The van der Waals surface area contributed by atoms with Gasteiger partial charge in [0.25, 0.3) is 0 Å². The summed E-state index contributed by atoms with van der Waals surface area (Å²) in [5, 5.41) is 12.3. The predicted molar refractivity (Wildman–Crippen MR) is 71.0 cm³/mol. The molecule has 1 amide bonds. The summed E-state index contributed by atoms with van der Waals surface area (Å²) in [7, 11) is 0. The molecule has 94 valence electrons. The molecular formula is C11H12Cl3NO2. The maximum absolute atomic E-state index is 11.5. The largest absolute Gasteiger partial charge is 0.396 e. The highest BCUT2D eigenvalue weighted by atomic mass is 35.5. The number of anilines is 1. The molecule has 1 aromatic carbocycles. The smallest absolute Gasteiger partial charge is 0.224 e. The molecule has 6 heteroatoms. The van der Waals surface area contributed by atoms with Gasteiger partial charge in [-0.25, -0.2) is 0 Å². The van der Waals surface area contributed by atoms with E-state index in [9.17, 15) is 4.79 Å². The molecule has 0 fully saturated rings. The zero-order valence-corrected chi connectivity index (χ0v) is 11.2. The third kappa shape index (κ3) is 4.72. The fourth-order valence-corrected chi connectivity index (χ4v) is 1.82. The molecule has 0 aliphatic heterocycles. The van der Waals surface area contributed by atoms with E-state index >= 15 is 0 Å². The minimum absolute atomic E-state index is 0.0841. The molecule has 0 bridgehead atoms. The van der Waals surface area contributed by atoms with Gasteiger partial charge in [0.05, 0.1) is 20.8 Å². The molecule has 0 spiro atoms. The lowest BCUT2D eigenvalue weighted by Crippen LogP contribution is -2.11. The van der Waals surface area contributed by atoms with Crippen molar-refractivity contribution in [2.75, 3.05) is 11.9 Å². The van der Waals surface area contributed by atoms with Crippen LogP contribution in [0.3, 0.4) is 0 Å². The van der Waals surface area contributed by atoms with Crippen molar-refractivity contribution >= 4 is 46.4 Å². The highest BCUT2D eigenvalue weighted by Gasteiger charge is 2.09. The van der Waals surface area contributed by atoms with Crippen LogP contribution in [0.25, 0.3) is 0 Å². The normalized spacial score (nSPS) is 10.4. The summed E-state index contributed by atoms with van der Waals surface area (Å²) in [5.41, 5.74) is 0.440. The number of aliphatic hydroxyl groups is 1. The van der Waals surface area contributed by atoms with E-state index in [2.05, 4.69) is 5.32 Å². The quantitative estimate of drug-likeness (QED) is 0.642. The van der Waals surface area contributed by atoms with E-state index < -0.39 is 0 Å². The lowest BCUT2D eigenvalue weighted by atomic mass is 10.2. The van der Waals surface area contributed by atoms with Gasteiger partial charge in [-0.3, -0.25) is 4.79 Å². The molecule has 1 rings (SSSR count). The number of rotatable bonds is 5. The first-order valence-electron chi connectivity index (χ1n) is 5.10. The van der Waals surface area contributed by atoms with Crippen LogP contribution in [0.4, 0.5) is 5.69 Å². The second kappa shape index (κ2) is 7.07. The average Bonchev–Trinajstić information content (AvgIpc) is 2.26. The van der Waals surface area contributed by atoms with Crippen molar-refractivity contribution in [1.29, 1.82) is 0 Å². The van der Waals surface area contributed by atoms with E-state index in [-0.39, 0.29) is 12.5 Å². The van der Waals surface area contributed by atoms with Crippen LogP contribution in [-0.2, 0) is 4.79 Å². The Labute approximate surface area is 115 Å². The number of aliphatic hydroxyl groups excluding tert-OH is 1. The van der Waals surface area contributed by atoms with Crippen molar-refractivity contribution in [2.45, 2.75) is 19.3 Å². The van der Waals surface area contributed by atoms with E-state index in [0.29, 0.717) is 40.0 Å². The molecule has 0 aromatic heterocycles. The summed E-state index contributed by atoms with van der Waals surface area (Å²) in [6, 6.07) is 2.99. The van der Waals surface area contributed by atoms with Crippen LogP contribution in [0.2, 0.25) is 15.1 Å². The van der Waals surface area contributed by atoms with E-state index in [4.69, 9.17) is 39.9 Å². The topological polar surface area (TPSA) is 49.3 Å². The second-order valence-corrected chi connectivity index (χ2v) is 4.70. The minimum Gasteiger partial charge on any atom is -0.396 e. The molecule has 17 heavy (non-hydrogen) atoms. The summed E-state index contributed by atoms with van der Waals surface area (Å²) >= 11 is 17.5. The molecule has 0 aliphatic carbocycles. The van der Waals surface area contributed by atoms with Crippen LogP contribution in [0.15, 0.2) is 12.1 Å². The zero-order valence-electron chi connectivity index (χ0n) is 8.97.